The third-order valence-corrected chi connectivity index (χ3v) is 6.74. The molecular weight excluding hydrogens is 432 g/mol. The van der Waals surface area contributed by atoms with Crippen LogP contribution in [0.5, 0.6) is 0 Å². The number of hydrogen-bond acceptors (Lipinski definition) is 4. The highest BCUT2D eigenvalue weighted by molar-refractivity contribution is 7.11. The highest BCUT2D eigenvalue weighted by atomic mass is 32.1. The second kappa shape index (κ2) is 8.72. The lowest BCUT2D eigenvalue weighted by Gasteiger charge is -2.04. The van der Waals surface area contributed by atoms with E-state index < -0.39 is 0 Å². The van der Waals surface area contributed by atoms with Gasteiger partial charge in [0.15, 0.2) is 0 Å². The van der Waals surface area contributed by atoms with E-state index in [9.17, 15) is 0 Å². The van der Waals surface area contributed by atoms with Gasteiger partial charge in [-0.15, -0.1) is 22.7 Å². The Morgan fingerprint density at radius 2 is 1.06 bits per heavy atom. The number of aromatic nitrogens is 4. The van der Waals surface area contributed by atoms with Gasteiger partial charge in [0, 0.05) is 25.2 Å². The van der Waals surface area contributed by atoms with Gasteiger partial charge in [0.2, 0.25) is 0 Å². The lowest BCUT2D eigenvalue weighted by molar-refractivity contribution is 0.899. The number of benzene rings is 1. The normalized spacial score (nSPS) is 10.3. The quantitative estimate of drug-likeness (QED) is 0.337. The van der Waals surface area contributed by atoms with Crippen LogP contribution in [0.3, 0.4) is 0 Å². The van der Waals surface area contributed by atoms with Crippen molar-refractivity contribution in [3.8, 4) is 45.9 Å². The summed E-state index contributed by atoms with van der Waals surface area (Å²) in [6.45, 7) is 0. The van der Waals surface area contributed by atoms with Gasteiger partial charge in [-0.2, -0.15) is 0 Å². The van der Waals surface area contributed by atoms with Crippen LogP contribution in [0.2, 0.25) is 0 Å². The first-order chi connectivity index (χ1) is 15.7. The fourth-order valence-electron chi connectivity index (χ4n) is 3.29. The summed E-state index contributed by atoms with van der Waals surface area (Å²) in [5.74, 6) is 13.0. The SMILES string of the molecule is Cn1cncc1C#Cc1sccc1-c1ccc(-c2ccsc2C#Cc2cncn2C)cc1. The molecule has 1 aromatic carbocycles. The molecule has 0 N–H and O–H groups in total. The van der Waals surface area contributed by atoms with Crippen molar-refractivity contribution in [2.24, 2.45) is 14.1 Å². The molecule has 5 rings (SSSR count). The molecule has 0 radical (unpaired) electrons. The maximum Gasteiger partial charge on any atom is 0.112 e. The van der Waals surface area contributed by atoms with Crippen LogP contribution in [0.25, 0.3) is 22.3 Å². The molecule has 0 aliphatic heterocycles. The molecule has 0 unspecified atom stereocenters. The maximum absolute atomic E-state index is 4.13. The molecule has 4 aromatic heterocycles. The molecule has 154 valence electrons. The number of thiophene rings is 2. The van der Waals surface area contributed by atoms with E-state index in [1.54, 1.807) is 47.7 Å². The molecule has 0 amide bonds. The second-order valence-corrected chi connectivity index (χ2v) is 9.02. The highest BCUT2D eigenvalue weighted by Gasteiger charge is 2.08. The van der Waals surface area contributed by atoms with Crippen LogP contribution < -0.4 is 0 Å². The summed E-state index contributed by atoms with van der Waals surface area (Å²) in [5.41, 5.74) is 6.41. The van der Waals surface area contributed by atoms with Gasteiger partial charge in [0.25, 0.3) is 0 Å². The Morgan fingerprint density at radius 3 is 1.44 bits per heavy atom. The summed E-state index contributed by atoms with van der Waals surface area (Å²) >= 11 is 3.31. The fourth-order valence-corrected chi connectivity index (χ4v) is 4.82. The molecule has 32 heavy (non-hydrogen) atoms. The Hall–Kier alpha value is -3.84. The van der Waals surface area contributed by atoms with Crippen molar-refractivity contribution < 1.29 is 0 Å². The Kier molecular flexibility index (Phi) is 5.47. The van der Waals surface area contributed by atoms with E-state index >= 15 is 0 Å². The lowest BCUT2D eigenvalue weighted by atomic mass is 10.0. The molecule has 4 heterocycles. The zero-order chi connectivity index (χ0) is 21.9. The van der Waals surface area contributed by atoms with E-state index in [4.69, 9.17) is 0 Å². The molecule has 0 spiro atoms. The van der Waals surface area contributed by atoms with Crippen molar-refractivity contribution in [1.82, 2.24) is 19.1 Å². The summed E-state index contributed by atoms with van der Waals surface area (Å²) in [7, 11) is 3.90. The maximum atomic E-state index is 4.13. The summed E-state index contributed by atoms with van der Waals surface area (Å²) in [6.07, 6.45) is 7.09. The topological polar surface area (TPSA) is 35.6 Å². The molecule has 0 saturated heterocycles. The molecule has 0 bridgehead atoms. The average Bonchev–Trinajstić information content (AvgIpc) is 3.60. The van der Waals surface area contributed by atoms with Crippen LogP contribution >= 0.6 is 22.7 Å². The van der Waals surface area contributed by atoms with Crippen molar-refractivity contribution in [2.45, 2.75) is 0 Å². The van der Waals surface area contributed by atoms with Crippen molar-refractivity contribution in [2.75, 3.05) is 0 Å². The van der Waals surface area contributed by atoms with Crippen LogP contribution in [0.1, 0.15) is 21.1 Å². The third-order valence-electron chi connectivity index (χ3n) is 5.08. The first-order valence-electron chi connectivity index (χ1n) is 9.91. The highest BCUT2D eigenvalue weighted by Crippen LogP contribution is 2.32. The third kappa shape index (κ3) is 4.02. The van der Waals surface area contributed by atoms with E-state index in [0.717, 1.165) is 43.4 Å². The predicted molar refractivity (Wildman–Crippen MR) is 131 cm³/mol. The van der Waals surface area contributed by atoms with Crippen LogP contribution in [0.4, 0.5) is 0 Å². The Bertz CT molecular complexity index is 1390. The van der Waals surface area contributed by atoms with Crippen LogP contribution in [0, 0.1) is 23.7 Å². The second-order valence-electron chi connectivity index (χ2n) is 7.18. The number of nitrogens with zero attached hydrogens (tertiary/aromatic N) is 4. The zero-order valence-electron chi connectivity index (χ0n) is 17.5. The van der Waals surface area contributed by atoms with Gasteiger partial charge in [0.05, 0.1) is 34.8 Å². The van der Waals surface area contributed by atoms with E-state index in [-0.39, 0.29) is 0 Å². The van der Waals surface area contributed by atoms with Crippen molar-refractivity contribution in [1.29, 1.82) is 0 Å². The smallest absolute Gasteiger partial charge is 0.112 e. The molecule has 6 heteroatoms. The van der Waals surface area contributed by atoms with Crippen LogP contribution in [-0.4, -0.2) is 19.1 Å². The largest absolute Gasteiger partial charge is 0.327 e. The van der Waals surface area contributed by atoms with Gasteiger partial charge >= 0.3 is 0 Å². The van der Waals surface area contributed by atoms with Crippen LogP contribution in [-0.2, 0) is 14.1 Å². The van der Waals surface area contributed by atoms with Gasteiger partial charge in [-0.25, -0.2) is 9.97 Å². The van der Waals surface area contributed by atoms with Gasteiger partial charge in [0.1, 0.15) is 11.4 Å². The predicted octanol–water partition coefficient (Wildman–Crippen LogP) is 5.41. The van der Waals surface area contributed by atoms with E-state index in [0.29, 0.717) is 0 Å². The van der Waals surface area contributed by atoms with Gasteiger partial charge in [-0.1, -0.05) is 24.3 Å². The minimum atomic E-state index is 0.900. The zero-order valence-corrected chi connectivity index (χ0v) is 19.2. The van der Waals surface area contributed by atoms with Crippen LogP contribution in [0.15, 0.2) is 72.2 Å². The summed E-state index contributed by atoms with van der Waals surface area (Å²) < 4.78 is 3.84. The molecule has 0 saturated carbocycles. The minimum Gasteiger partial charge on any atom is -0.327 e. The summed E-state index contributed by atoms with van der Waals surface area (Å²) in [6, 6.07) is 12.9. The number of imidazole rings is 2. The Labute approximate surface area is 194 Å². The molecule has 0 aliphatic carbocycles. The molecule has 5 aromatic rings. The average molecular weight is 451 g/mol. The van der Waals surface area contributed by atoms with Crippen molar-refractivity contribution >= 4 is 22.7 Å². The lowest BCUT2D eigenvalue weighted by Crippen LogP contribution is -1.88. The Balaban J connectivity index is 1.42. The van der Waals surface area contributed by atoms with E-state index in [1.807, 2.05) is 23.2 Å². The summed E-state index contributed by atoms with van der Waals surface area (Å²) in [5, 5.41) is 4.17. The molecule has 4 nitrogen and oxygen atoms in total. The molecular formula is C26H18N4S2. The van der Waals surface area contributed by atoms with Gasteiger partial charge in [-0.3, -0.25) is 0 Å². The van der Waals surface area contributed by atoms with Crippen molar-refractivity contribution in [3.05, 3.63) is 93.3 Å². The summed E-state index contributed by atoms with van der Waals surface area (Å²) in [4.78, 5) is 10.4. The van der Waals surface area contributed by atoms with Crippen molar-refractivity contribution in [3.63, 3.8) is 0 Å². The first kappa shape index (κ1) is 20.1. The molecule has 0 aliphatic rings. The molecule has 0 fully saturated rings. The first-order valence-corrected chi connectivity index (χ1v) is 11.7. The number of hydrogen-bond donors (Lipinski definition) is 0. The van der Waals surface area contributed by atoms with E-state index in [1.165, 1.54) is 0 Å². The van der Waals surface area contributed by atoms with E-state index in [2.05, 4.69) is 80.8 Å². The molecule has 0 atom stereocenters. The number of rotatable bonds is 2. The van der Waals surface area contributed by atoms with Gasteiger partial charge < -0.3 is 9.13 Å². The van der Waals surface area contributed by atoms with Gasteiger partial charge in [-0.05, 0) is 57.7 Å². The Morgan fingerprint density at radius 1 is 0.625 bits per heavy atom. The standard InChI is InChI=1S/C26H18N4S2/c1-29-17-27-15-21(29)7-9-25-23(11-13-31-25)19-3-5-20(6-4-19)24-12-14-32-26(24)10-8-22-16-28-18-30(22)2/h3-6,11-18H,1-2H3. The monoisotopic (exact) mass is 450 g/mol. The minimum absolute atomic E-state index is 0.900. The fraction of sp³-hybridized carbons (Fsp3) is 0.0769. The number of aryl methyl sites for hydroxylation is 2.